The largest absolute Gasteiger partial charge is 0.494 e. The second kappa shape index (κ2) is 6.22. The topological polar surface area (TPSA) is 47.3 Å². The Morgan fingerprint density at radius 1 is 1.24 bits per heavy atom. The maximum atomic E-state index is 13.5. The average molecular weight is 294 g/mol. The summed E-state index contributed by atoms with van der Waals surface area (Å²) in [7, 11) is 1.48. The highest BCUT2D eigenvalue weighted by Crippen LogP contribution is 2.39. The first kappa shape index (κ1) is 16.1. The van der Waals surface area contributed by atoms with Crippen LogP contribution in [0.3, 0.4) is 0 Å². The zero-order valence-electron chi connectivity index (χ0n) is 13.3. The fourth-order valence-corrected chi connectivity index (χ4v) is 3.16. The molecule has 1 unspecified atom stereocenters. The molecule has 1 aliphatic rings. The van der Waals surface area contributed by atoms with Crippen molar-refractivity contribution in [2.45, 2.75) is 51.5 Å². The SMILES string of the molecule is COc1cc(NC2(CN)CCCC(C)(C)CC2)ccc1F. The number of nitrogens with two attached hydrogens (primary N) is 1. The van der Waals surface area contributed by atoms with Crippen LogP contribution in [0.2, 0.25) is 0 Å². The van der Waals surface area contributed by atoms with Gasteiger partial charge in [0.05, 0.1) is 7.11 Å². The summed E-state index contributed by atoms with van der Waals surface area (Å²) in [4.78, 5) is 0. The standard InChI is InChI=1S/C17H27FN2O/c1-16(2)7-4-8-17(12-19,10-9-16)20-13-5-6-14(18)15(11-13)21-3/h5-6,11,20H,4,7-10,12,19H2,1-3H3. The van der Waals surface area contributed by atoms with Gasteiger partial charge < -0.3 is 15.8 Å². The number of ether oxygens (including phenoxy) is 1. The van der Waals surface area contributed by atoms with E-state index in [0.717, 1.165) is 31.4 Å². The van der Waals surface area contributed by atoms with Crippen LogP contribution in [0.5, 0.6) is 5.75 Å². The van der Waals surface area contributed by atoms with Gasteiger partial charge in [0.2, 0.25) is 0 Å². The highest BCUT2D eigenvalue weighted by Gasteiger charge is 2.34. The van der Waals surface area contributed by atoms with Gasteiger partial charge in [-0.3, -0.25) is 0 Å². The third-order valence-electron chi connectivity index (χ3n) is 4.74. The van der Waals surface area contributed by atoms with Crippen LogP contribution >= 0.6 is 0 Å². The molecule has 0 spiro atoms. The Balaban J connectivity index is 2.18. The van der Waals surface area contributed by atoms with E-state index in [1.54, 1.807) is 12.1 Å². The lowest BCUT2D eigenvalue weighted by atomic mass is 9.83. The molecular weight excluding hydrogens is 267 g/mol. The summed E-state index contributed by atoms with van der Waals surface area (Å²) in [6.45, 7) is 5.23. The number of rotatable bonds is 4. The van der Waals surface area contributed by atoms with Crippen molar-refractivity contribution in [1.29, 1.82) is 0 Å². The second-order valence-corrected chi connectivity index (χ2v) is 6.98. The van der Waals surface area contributed by atoms with Gasteiger partial charge in [-0.05, 0) is 43.2 Å². The zero-order valence-corrected chi connectivity index (χ0v) is 13.3. The Morgan fingerprint density at radius 3 is 2.67 bits per heavy atom. The molecule has 1 saturated carbocycles. The Kier molecular flexibility index (Phi) is 4.77. The van der Waals surface area contributed by atoms with Crippen LogP contribution in [0.4, 0.5) is 10.1 Å². The molecule has 0 amide bonds. The van der Waals surface area contributed by atoms with Crippen LogP contribution in [-0.4, -0.2) is 19.2 Å². The maximum Gasteiger partial charge on any atom is 0.165 e. The number of methoxy groups -OCH3 is 1. The van der Waals surface area contributed by atoms with Gasteiger partial charge in [-0.2, -0.15) is 0 Å². The molecule has 1 aromatic rings. The Labute approximate surface area is 127 Å². The molecule has 1 aromatic carbocycles. The summed E-state index contributed by atoms with van der Waals surface area (Å²) in [5.41, 5.74) is 7.22. The molecule has 0 aromatic heterocycles. The number of halogens is 1. The van der Waals surface area contributed by atoms with Crippen molar-refractivity contribution in [3.8, 4) is 5.75 Å². The monoisotopic (exact) mass is 294 g/mol. The van der Waals surface area contributed by atoms with Crippen LogP contribution in [0, 0.1) is 11.2 Å². The first-order chi connectivity index (χ1) is 9.90. The van der Waals surface area contributed by atoms with E-state index in [-0.39, 0.29) is 17.1 Å². The van der Waals surface area contributed by atoms with E-state index < -0.39 is 0 Å². The van der Waals surface area contributed by atoms with Crippen molar-refractivity contribution >= 4 is 5.69 Å². The summed E-state index contributed by atoms with van der Waals surface area (Å²) < 4.78 is 18.6. The third-order valence-corrected chi connectivity index (χ3v) is 4.74. The zero-order chi connectivity index (χ0) is 15.5. The molecule has 0 saturated heterocycles. The molecule has 21 heavy (non-hydrogen) atoms. The Morgan fingerprint density at radius 2 is 2.00 bits per heavy atom. The average Bonchev–Trinajstić information content (AvgIpc) is 2.60. The second-order valence-electron chi connectivity index (χ2n) is 6.98. The van der Waals surface area contributed by atoms with Crippen molar-refractivity contribution in [2.24, 2.45) is 11.1 Å². The van der Waals surface area contributed by atoms with Gasteiger partial charge in [-0.1, -0.05) is 20.3 Å². The minimum atomic E-state index is -0.341. The first-order valence-electron chi connectivity index (χ1n) is 7.72. The fraction of sp³-hybridized carbons (Fsp3) is 0.647. The highest BCUT2D eigenvalue weighted by molar-refractivity contribution is 5.51. The lowest BCUT2D eigenvalue weighted by molar-refractivity contribution is 0.304. The summed E-state index contributed by atoms with van der Waals surface area (Å²) in [6.07, 6.45) is 5.62. The van der Waals surface area contributed by atoms with Crippen LogP contribution in [0.15, 0.2) is 18.2 Å². The first-order valence-corrected chi connectivity index (χ1v) is 7.72. The minimum Gasteiger partial charge on any atom is -0.494 e. The molecule has 0 bridgehead atoms. The molecule has 0 radical (unpaired) electrons. The lowest BCUT2D eigenvalue weighted by Crippen LogP contribution is -2.45. The summed E-state index contributed by atoms with van der Waals surface area (Å²) in [6, 6.07) is 4.90. The molecule has 3 N–H and O–H groups in total. The molecule has 0 aliphatic heterocycles. The number of hydrogen-bond donors (Lipinski definition) is 2. The lowest BCUT2D eigenvalue weighted by Gasteiger charge is -2.34. The predicted octanol–water partition coefficient (Wildman–Crippen LogP) is 3.93. The van der Waals surface area contributed by atoms with Crippen molar-refractivity contribution in [3.05, 3.63) is 24.0 Å². The highest BCUT2D eigenvalue weighted by atomic mass is 19.1. The Hall–Kier alpha value is -1.29. The van der Waals surface area contributed by atoms with E-state index >= 15 is 0 Å². The molecule has 2 rings (SSSR count). The van der Waals surface area contributed by atoms with Crippen LogP contribution in [-0.2, 0) is 0 Å². The van der Waals surface area contributed by atoms with E-state index in [9.17, 15) is 4.39 Å². The smallest absolute Gasteiger partial charge is 0.165 e. The molecule has 1 aliphatic carbocycles. The van der Waals surface area contributed by atoms with Crippen molar-refractivity contribution in [3.63, 3.8) is 0 Å². The van der Waals surface area contributed by atoms with E-state index in [4.69, 9.17) is 10.5 Å². The molecular formula is C17H27FN2O. The summed E-state index contributed by atoms with van der Waals surface area (Å²) in [5, 5.41) is 3.55. The Bertz CT molecular complexity index is 490. The van der Waals surface area contributed by atoms with Crippen molar-refractivity contribution in [1.82, 2.24) is 0 Å². The quantitative estimate of drug-likeness (QED) is 0.827. The maximum absolute atomic E-state index is 13.5. The van der Waals surface area contributed by atoms with Gasteiger partial charge in [0.15, 0.2) is 11.6 Å². The molecule has 0 heterocycles. The van der Waals surface area contributed by atoms with Gasteiger partial charge >= 0.3 is 0 Å². The van der Waals surface area contributed by atoms with Gasteiger partial charge in [-0.15, -0.1) is 0 Å². The number of hydrogen-bond acceptors (Lipinski definition) is 3. The summed E-state index contributed by atoms with van der Waals surface area (Å²) >= 11 is 0. The third kappa shape index (κ3) is 3.88. The minimum absolute atomic E-state index is 0.101. The van der Waals surface area contributed by atoms with Crippen LogP contribution < -0.4 is 15.8 Å². The van der Waals surface area contributed by atoms with Crippen LogP contribution in [0.25, 0.3) is 0 Å². The number of anilines is 1. The van der Waals surface area contributed by atoms with Gasteiger partial charge in [0.1, 0.15) is 0 Å². The fourth-order valence-electron chi connectivity index (χ4n) is 3.16. The summed E-state index contributed by atoms with van der Waals surface area (Å²) in [5.74, 6) is -0.0760. The van der Waals surface area contributed by atoms with Crippen LogP contribution in [0.1, 0.15) is 46.0 Å². The molecule has 3 nitrogen and oxygen atoms in total. The normalized spacial score (nSPS) is 25.2. The molecule has 4 heteroatoms. The van der Waals surface area contributed by atoms with E-state index in [1.165, 1.54) is 19.6 Å². The van der Waals surface area contributed by atoms with Gasteiger partial charge in [0.25, 0.3) is 0 Å². The molecule has 1 fully saturated rings. The van der Waals surface area contributed by atoms with Gasteiger partial charge in [-0.25, -0.2) is 4.39 Å². The molecule has 118 valence electrons. The number of benzene rings is 1. The molecule has 1 atom stereocenters. The number of nitrogens with one attached hydrogen (secondary N) is 1. The van der Waals surface area contributed by atoms with E-state index in [1.807, 2.05) is 0 Å². The van der Waals surface area contributed by atoms with Gasteiger partial charge in [0, 0.05) is 23.8 Å². The predicted molar refractivity (Wildman–Crippen MR) is 85.2 cm³/mol. The van der Waals surface area contributed by atoms with Crippen molar-refractivity contribution in [2.75, 3.05) is 19.0 Å². The van der Waals surface area contributed by atoms with E-state index in [2.05, 4.69) is 19.2 Å². The van der Waals surface area contributed by atoms with Crippen molar-refractivity contribution < 1.29 is 9.13 Å². The van der Waals surface area contributed by atoms with E-state index in [0.29, 0.717) is 12.0 Å².